The average molecular weight is 568 g/mol. The lowest BCUT2D eigenvalue weighted by Crippen LogP contribution is -2.49. The van der Waals surface area contributed by atoms with Crippen molar-refractivity contribution in [3.05, 3.63) is 104 Å². The van der Waals surface area contributed by atoms with Crippen LogP contribution in [0.2, 0.25) is 10.0 Å². The van der Waals surface area contributed by atoms with Crippen molar-refractivity contribution in [2.75, 3.05) is 26.4 Å². The molecule has 0 spiro atoms. The first-order valence-electron chi connectivity index (χ1n) is 12.4. The Hall–Kier alpha value is -3.75. The van der Waals surface area contributed by atoms with Gasteiger partial charge in [-0.05, 0) is 59.5 Å². The summed E-state index contributed by atoms with van der Waals surface area (Å²) in [7, 11) is 0. The van der Waals surface area contributed by atoms with Gasteiger partial charge in [0.2, 0.25) is 5.90 Å². The van der Waals surface area contributed by atoms with E-state index in [1.165, 1.54) is 0 Å². The standard InChI is InChI=1S/C28H27Cl2N5O4/c29-22-9-6-19(24(30)16-22)12-13-32-27(37)28(17-21-4-1-2-5-25(21)34-35-31)18-39-26(33-28)20-7-10-23(11-8-20)38-15-3-14-36/h1-2,4-11,16,36H,3,12-15,17-18H2,(H,32,37)/t28-/m1/s1. The fourth-order valence-corrected chi connectivity index (χ4v) is 4.65. The zero-order chi connectivity index (χ0) is 27.7. The number of hydrogen-bond acceptors (Lipinski definition) is 6. The minimum atomic E-state index is -1.28. The number of carbonyl (C=O) groups is 1. The molecule has 0 radical (unpaired) electrons. The van der Waals surface area contributed by atoms with E-state index < -0.39 is 5.54 Å². The predicted octanol–water partition coefficient (Wildman–Crippen LogP) is 5.81. The molecule has 1 aliphatic rings. The van der Waals surface area contributed by atoms with Crippen LogP contribution in [0.15, 0.2) is 76.8 Å². The van der Waals surface area contributed by atoms with E-state index in [4.69, 9.17) is 48.3 Å². The summed E-state index contributed by atoms with van der Waals surface area (Å²) in [5, 5.41) is 16.8. The van der Waals surface area contributed by atoms with Gasteiger partial charge in [0.1, 0.15) is 12.4 Å². The van der Waals surface area contributed by atoms with Gasteiger partial charge in [0, 0.05) is 52.2 Å². The molecule has 9 nitrogen and oxygen atoms in total. The van der Waals surface area contributed by atoms with E-state index in [2.05, 4.69) is 15.3 Å². The Kier molecular flexibility index (Phi) is 9.68. The lowest BCUT2D eigenvalue weighted by molar-refractivity contribution is -0.126. The molecule has 1 aliphatic heterocycles. The van der Waals surface area contributed by atoms with Gasteiger partial charge in [-0.25, -0.2) is 4.99 Å². The molecular weight excluding hydrogens is 541 g/mol. The first-order chi connectivity index (χ1) is 18.9. The van der Waals surface area contributed by atoms with Crippen LogP contribution in [0.25, 0.3) is 10.4 Å². The van der Waals surface area contributed by atoms with Crippen molar-refractivity contribution in [2.24, 2.45) is 10.1 Å². The van der Waals surface area contributed by atoms with E-state index in [1.54, 1.807) is 54.6 Å². The highest BCUT2D eigenvalue weighted by Gasteiger charge is 2.44. The average Bonchev–Trinajstić information content (AvgIpc) is 3.37. The number of nitrogens with zero attached hydrogens (tertiary/aromatic N) is 4. The van der Waals surface area contributed by atoms with Gasteiger partial charge in [-0.15, -0.1) is 0 Å². The minimum absolute atomic E-state index is 0.00915. The SMILES string of the molecule is [N-]=[N+]=Nc1ccccc1C[C@]1(C(=O)NCCc2ccc(Cl)cc2Cl)COC(c2ccc(OCCCO)cc2)=N1. The Morgan fingerprint density at radius 1 is 1.15 bits per heavy atom. The number of hydrogen-bond donors (Lipinski definition) is 2. The Morgan fingerprint density at radius 2 is 1.95 bits per heavy atom. The van der Waals surface area contributed by atoms with Gasteiger partial charge >= 0.3 is 0 Å². The summed E-state index contributed by atoms with van der Waals surface area (Å²) in [5.74, 6) is 0.662. The molecule has 1 amide bonds. The predicted molar refractivity (Wildman–Crippen MR) is 151 cm³/mol. The summed E-state index contributed by atoms with van der Waals surface area (Å²) in [4.78, 5) is 21.3. The molecule has 202 valence electrons. The number of nitrogens with one attached hydrogen (secondary N) is 1. The third-order valence-electron chi connectivity index (χ3n) is 6.18. The topological polar surface area (TPSA) is 129 Å². The van der Waals surface area contributed by atoms with Gasteiger partial charge < -0.3 is 19.9 Å². The second-order valence-electron chi connectivity index (χ2n) is 8.92. The fourth-order valence-electron chi connectivity index (χ4n) is 4.15. The number of aliphatic imine (C=N–C) groups is 1. The third-order valence-corrected chi connectivity index (χ3v) is 6.77. The van der Waals surface area contributed by atoms with E-state index in [-0.39, 0.29) is 25.5 Å². The summed E-state index contributed by atoms with van der Waals surface area (Å²) < 4.78 is 11.6. The third kappa shape index (κ3) is 7.22. The van der Waals surface area contributed by atoms with Gasteiger partial charge in [-0.2, -0.15) is 0 Å². The lowest BCUT2D eigenvalue weighted by atomic mass is 9.90. The molecule has 0 aromatic heterocycles. The Balaban J connectivity index is 1.57. The highest BCUT2D eigenvalue weighted by molar-refractivity contribution is 6.35. The van der Waals surface area contributed by atoms with Crippen LogP contribution in [0.5, 0.6) is 5.75 Å². The van der Waals surface area contributed by atoms with Crippen molar-refractivity contribution >= 4 is 40.7 Å². The monoisotopic (exact) mass is 567 g/mol. The maximum atomic E-state index is 13.7. The van der Waals surface area contributed by atoms with E-state index in [9.17, 15) is 4.79 Å². The summed E-state index contributed by atoms with van der Waals surface area (Å²) in [6.45, 7) is 0.796. The quantitative estimate of drug-likeness (QED) is 0.124. The molecule has 11 heteroatoms. The van der Waals surface area contributed by atoms with Crippen LogP contribution in [-0.4, -0.2) is 48.8 Å². The molecule has 0 saturated heterocycles. The van der Waals surface area contributed by atoms with Crippen molar-refractivity contribution < 1.29 is 19.4 Å². The molecule has 0 fully saturated rings. The van der Waals surface area contributed by atoms with Crippen molar-refractivity contribution in [1.29, 1.82) is 0 Å². The molecule has 0 unspecified atom stereocenters. The molecule has 0 bridgehead atoms. The number of aliphatic hydroxyl groups excluding tert-OH is 1. The number of azide groups is 1. The van der Waals surface area contributed by atoms with Gasteiger partial charge in [0.15, 0.2) is 5.54 Å². The second kappa shape index (κ2) is 13.4. The van der Waals surface area contributed by atoms with E-state index in [1.807, 2.05) is 12.1 Å². The normalized spacial score (nSPS) is 16.1. The number of carbonyl (C=O) groups excluding carboxylic acids is 1. The highest BCUT2D eigenvalue weighted by atomic mass is 35.5. The molecular formula is C28H27Cl2N5O4. The molecule has 3 aromatic rings. The van der Waals surface area contributed by atoms with Crippen molar-refractivity contribution in [2.45, 2.75) is 24.8 Å². The smallest absolute Gasteiger partial charge is 0.251 e. The molecule has 0 aliphatic carbocycles. The van der Waals surface area contributed by atoms with Crippen LogP contribution in [0.3, 0.4) is 0 Å². The summed E-state index contributed by atoms with van der Waals surface area (Å²) in [6, 6.07) is 19.5. The first-order valence-corrected chi connectivity index (χ1v) is 13.1. The zero-order valence-electron chi connectivity index (χ0n) is 21.0. The van der Waals surface area contributed by atoms with Crippen molar-refractivity contribution in [3.8, 4) is 5.75 Å². The number of ether oxygens (including phenoxy) is 2. The van der Waals surface area contributed by atoms with Crippen LogP contribution in [0.1, 0.15) is 23.1 Å². The van der Waals surface area contributed by atoms with Crippen LogP contribution in [0.4, 0.5) is 5.69 Å². The first kappa shape index (κ1) is 28.3. The minimum Gasteiger partial charge on any atom is -0.494 e. The Bertz CT molecular complexity index is 1390. The van der Waals surface area contributed by atoms with E-state index in [0.29, 0.717) is 64.5 Å². The zero-order valence-corrected chi connectivity index (χ0v) is 22.5. The van der Waals surface area contributed by atoms with Gasteiger partial charge in [0.05, 0.1) is 6.61 Å². The van der Waals surface area contributed by atoms with Gasteiger partial charge in [-0.1, -0.05) is 58.6 Å². The van der Waals surface area contributed by atoms with Crippen LogP contribution in [-0.2, 0) is 22.4 Å². The van der Waals surface area contributed by atoms with Crippen LogP contribution in [0, 0.1) is 0 Å². The number of amides is 1. The lowest BCUT2D eigenvalue weighted by Gasteiger charge is -2.24. The maximum Gasteiger partial charge on any atom is 0.251 e. The van der Waals surface area contributed by atoms with E-state index >= 15 is 0 Å². The molecule has 0 saturated carbocycles. The van der Waals surface area contributed by atoms with Crippen LogP contribution < -0.4 is 10.1 Å². The molecule has 3 aromatic carbocycles. The number of aliphatic hydroxyl groups is 1. The highest BCUT2D eigenvalue weighted by Crippen LogP contribution is 2.31. The molecule has 39 heavy (non-hydrogen) atoms. The Morgan fingerprint density at radius 3 is 2.69 bits per heavy atom. The van der Waals surface area contributed by atoms with Crippen molar-refractivity contribution in [3.63, 3.8) is 0 Å². The van der Waals surface area contributed by atoms with Gasteiger partial charge in [-0.3, -0.25) is 4.79 Å². The largest absolute Gasteiger partial charge is 0.494 e. The molecule has 4 rings (SSSR count). The number of benzene rings is 3. The fraction of sp³-hybridized carbons (Fsp3) is 0.286. The maximum absolute atomic E-state index is 13.7. The molecule has 1 atom stereocenters. The van der Waals surface area contributed by atoms with Crippen molar-refractivity contribution in [1.82, 2.24) is 5.32 Å². The number of halogens is 2. The summed E-state index contributed by atoms with van der Waals surface area (Å²) >= 11 is 12.3. The summed E-state index contributed by atoms with van der Waals surface area (Å²) in [5.41, 5.74) is 10.4. The number of rotatable bonds is 12. The Labute approximate surface area is 236 Å². The molecule has 1 heterocycles. The summed E-state index contributed by atoms with van der Waals surface area (Å²) in [6.07, 6.45) is 1.21. The van der Waals surface area contributed by atoms with Crippen LogP contribution >= 0.6 is 23.2 Å². The molecule has 2 N–H and O–H groups in total. The second-order valence-corrected chi connectivity index (χ2v) is 9.77. The van der Waals surface area contributed by atoms with Gasteiger partial charge in [0.25, 0.3) is 5.91 Å². The van der Waals surface area contributed by atoms with E-state index in [0.717, 1.165) is 5.56 Å².